The van der Waals surface area contributed by atoms with Crippen molar-refractivity contribution in [2.45, 2.75) is 5.03 Å². The van der Waals surface area contributed by atoms with E-state index in [1.807, 2.05) is 17.0 Å². The van der Waals surface area contributed by atoms with Gasteiger partial charge in [-0.05, 0) is 12.1 Å². The number of rotatable bonds is 4. The smallest absolute Gasteiger partial charge is 0.262 e. The Kier molecular flexibility index (Phi) is 4.60. The van der Waals surface area contributed by atoms with E-state index < -0.39 is 10.0 Å². The van der Waals surface area contributed by atoms with E-state index in [1.165, 1.54) is 16.8 Å². The van der Waals surface area contributed by atoms with E-state index in [0.717, 1.165) is 18.8 Å². The summed E-state index contributed by atoms with van der Waals surface area (Å²) in [5, 5.41) is 0.0295. The maximum atomic E-state index is 12.7. The minimum absolute atomic E-state index is 0.0295. The Morgan fingerprint density at radius 3 is 2.37 bits per heavy atom. The molecule has 2 aromatic rings. The van der Waals surface area contributed by atoms with Gasteiger partial charge in [0, 0.05) is 70.6 Å². The van der Waals surface area contributed by atoms with Crippen LogP contribution in [0.25, 0.3) is 0 Å². The molecule has 27 heavy (non-hydrogen) atoms. The predicted molar refractivity (Wildman–Crippen MR) is 98.5 cm³/mol. The second-order valence-corrected chi connectivity index (χ2v) is 8.80. The number of anilines is 1. The van der Waals surface area contributed by atoms with Crippen molar-refractivity contribution in [2.75, 3.05) is 44.2 Å². The minimum atomic E-state index is -3.61. The van der Waals surface area contributed by atoms with E-state index >= 15 is 0 Å². The molecule has 1 amide bonds. The lowest BCUT2D eigenvalue weighted by Crippen LogP contribution is -2.59. The van der Waals surface area contributed by atoms with Gasteiger partial charge in [0.2, 0.25) is 5.91 Å². The molecule has 4 rings (SSSR count). The van der Waals surface area contributed by atoms with Crippen molar-refractivity contribution in [2.24, 2.45) is 13.0 Å². The van der Waals surface area contributed by atoms with Gasteiger partial charge in [0.25, 0.3) is 10.0 Å². The van der Waals surface area contributed by atoms with Gasteiger partial charge < -0.3 is 14.4 Å². The Hall–Kier alpha value is -2.46. The van der Waals surface area contributed by atoms with Crippen LogP contribution in [-0.2, 0) is 21.9 Å². The number of pyridine rings is 1. The van der Waals surface area contributed by atoms with E-state index in [2.05, 4.69) is 14.9 Å². The molecule has 2 aliphatic rings. The normalized spacial score (nSPS) is 19.1. The summed E-state index contributed by atoms with van der Waals surface area (Å²) in [6.45, 7) is 3.26. The number of carbonyl (C=O) groups is 1. The zero-order valence-corrected chi connectivity index (χ0v) is 15.9. The number of aryl methyl sites for hydroxylation is 1. The van der Waals surface area contributed by atoms with Gasteiger partial charge in [0.05, 0.1) is 12.2 Å². The fourth-order valence-corrected chi connectivity index (χ4v) is 4.94. The van der Waals surface area contributed by atoms with Crippen molar-refractivity contribution in [3.8, 4) is 0 Å². The summed E-state index contributed by atoms with van der Waals surface area (Å²) in [7, 11) is -1.88. The predicted octanol–water partition coefficient (Wildman–Crippen LogP) is -0.216. The Bertz CT molecular complexity index is 915. The van der Waals surface area contributed by atoms with Gasteiger partial charge in [-0.15, -0.1) is 0 Å². The largest absolute Gasteiger partial charge is 0.368 e. The number of nitrogens with zero attached hydrogens (tertiary/aromatic N) is 6. The summed E-state index contributed by atoms with van der Waals surface area (Å²) in [4.78, 5) is 24.7. The maximum absolute atomic E-state index is 12.7. The van der Waals surface area contributed by atoms with E-state index in [4.69, 9.17) is 0 Å². The zero-order chi connectivity index (χ0) is 19.0. The average Bonchev–Trinajstić information content (AvgIpc) is 3.08. The van der Waals surface area contributed by atoms with Crippen LogP contribution >= 0.6 is 0 Å². The van der Waals surface area contributed by atoms with Gasteiger partial charge in [-0.1, -0.05) is 0 Å². The van der Waals surface area contributed by atoms with E-state index in [0.29, 0.717) is 13.1 Å². The lowest BCUT2D eigenvalue weighted by atomic mass is 10.0. The molecule has 2 fully saturated rings. The fourth-order valence-electron chi connectivity index (χ4n) is 3.44. The molecule has 0 unspecified atom stereocenters. The van der Waals surface area contributed by atoms with Crippen molar-refractivity contribution >= 4 is 21.6 Å². The quantitative estimate of drug-likeness (QED) is 0.717. The molecule has 0 spiro atoms. The Labute approximate surface area is 158 Å². The molecule has 2 aromatic heterocycles. The molecule has 0 N–H and O–H groups in total. The molecule has 0 saturated carbocycles. The molecule has 0 aromatic carbocycles. The van der Waals surface area contributed by atoms with Crippen LogP contribution in [0.15, 0.2) is 42.1 Å². The highest BCUT2D eigenvalue weighted by Gasteiger charge is 2.43. The first-order valence-corrected chi connectivity index (χ1v) is 10.3. The molecule has 0 bridgehead atoms. The third kappa shape index (κ3) is 3.42. The molecular formula is C17H22N6O3S. The van der Waals surface area contributed by atoms with Crippen LogP contribution in [0.2, 0.25) is 0 Å². The maximum Gasteiger partial charge on any atom is 0.262 e. The Morgan fingerprint density at radius 1 is 1.11 bits per heavy atom. The number of hydrogen-bond donors (Lipinski definition) is 0. The molecule has 4 heterocycles. The lowest BCUT2D eigenvalue weighted by Gasteiger charge is -2.42. The topological polar surface area (TPSA) is 91.6 Å². The molecule has 2 saturated heterocycles. The van der Waals surface area contributed by atoms with Crippen LogP contribution in [0.4, 0.5) is 5.69 Å². The molecule has 0 atom stereocenters. The van der Waals surface area contributed by atoms with E-state index in [1.54, 1.807) is 24.0 Å². The molecule has 10 heteroatoms. The molecule has 2 aliphatic heterocycles. The Morgan fingerprint density at radius 2 is 1.78 bits per heavy atom. The van der Waals surface area contributed by atoms with Crippen molar-refractivity contribution < 1.29 is 13.2 Å². The second-order valence-electron chi connectivity index (χ2n) is 6.91. The summed E-state index contributed by atoms with van der Waals surface area (Å²) < 4.78 is 27.9. The SMILES string of the molecule is Cn1cnc(S(=O)(=O)N2CC(C(=O)N3CCN(c4ccncc4)CC3)C2)c1. The van der Waals surface area contributed by atoms with Gasteiger partial charge in [-0.25, -0.2) is 13.4 Å². The zero-order valence-electron chi connectivity index (χ0n) is 15.1. The van der Waals surface area contributed by atoms with Crippen molar-refractivity contribution in [1.29, 1.82) is 0 Å². The van der Waals surface area contributed by atoms with Gasteiger partial charge in [-0.3, -0.25) is 9.78 Å². The summed E-state index contributed by atoms with van der Waals surface area (Å²) in [6, 6.07) is 3.92. The monoisotopic (exact) mass is 390 g/mol. The van der Waals surface area contributed by atoms with E-state index in [9.17, 15) is 13.2 Å². The molecule has 0 aliphatic carbocycles. The first-order chi connectivity index (χ1) is 12.9. The number of piperazine rings is 1. The van der Waals surface area contributed by atoms with Crippen LogP contribution < -0.4 is 4.90 Å². The van der Waals surface area contributed by atoms with E-state index in [-0.39, 0.29) is 29.9 Å². The van der Waals surface area contributed by atoms with Crippen LogP contribution in [0.1, 0.15) is 0 Å². The number of aromatic nitrogens is 3. The van der Waals surface area contributed by atoms with Crippen molar-refractivity contribution in [1.82, 2.24) is 23.7 Å². The first kappa shape index (κ1) is 17.9. The van der Waals surface area contributed by atoms with Gasteiger partial charge in [0.15, 0.2) is 5.03 Å². The minimum Gasteiger partial charge on any atom is -0.368 e. The Balaban J connectivity index is 1.31. The number of amides is 1. The van der Waals surface area contributed by atoms with Gasteiger partial charge in [-0.2, -0.15) is 4.31 Å². The standard InChI is InChI=1S/C17H22N6O3S/c1-20-12-16(19-13-20)27(25,26)23-10-14(11-23)17(24)22-8-6-21(7-9-22)15-2-4-18-5-3-15/h2-5,12-14H,6-11H2,1H3. The van der Waals surface area contributed by atoms with Crippen LogP contribution in [0.3, 0.4) is 0 Å². The van der Waals surface area contributed by atoms with Crippen LogP contribution in [0, 0.1) is 5.92 Å². The second kappa shape index (κ2) is 6.93. The number of hydrogen-bond acceptors (Lipinski definition) is 6. The highest BCUT2D eigenvalue weighted by molar-refractivity contribution is 7.89. The summed E-state index contributed by atoms with van der Waals surface area (Å²) in [6.07, 6.45) is 6.45. The summed E-state index contributed by atoms with van der Waals surface area (Å²) in [5.41, 5.74) is 1.10. The first-order valence-electron chi connectivity index (χ1n) is 8.87. The number of imidazole rings is 1. The number of sulfonamides is 1. The lowest BCUT2D eigenvalue weighted by molar-refractivity contribution is -0.139. The number of carbonyl (C=O) groups excluding carboxylic acids is 1. The highest BCUT2D eigenvalue weighted by Crippen LogP contribution is 2.26. The summed E-state index contributed by atoms with van der Waals surface area (Å²) >= 11 is 0. The molecular weight excluding hydrogens is 368 g/mol. The van der Waals surface area contributed by atoms with Gasteiger partial charge >= 0.3 is 0 Å². The highest BCUT2D eigenvalue weighted by atomic mass is 32.2. The van der Waals surface area contributed by atoms with Crippen LogP contribution in [-0.4, -0.2) is 77.3 Å². The molecule has 0 radical (unpaired) electrons. The average molecular weight is 390 g/mol. The third-order valence-corrected chi connectivity index (χ3v) is 6.82. The van der Waals surface area contributed by atoms with Gasteiger partial charge in [0.1, 0.15) is 0 Å². The van der Waals surface area contributed by atoms with Crippen molar-refractivity contribution in [3.05, 3.63) is 37.1 Å². The van der Waals surface area contributed by atoms with Crippen LogP contribution in [0.5, 0.6) is 0 Å². The molecule has 144 valence electrons. The van der Waals surface area contributed by atoms with Crippen molar-refractivity contribution in [3.63, 3.8) is 0 Å². The third-order valence-electron chi connectivity index (χ3n) is 5.10. The fraction of sp³-hybridized carbons (Fsp3) is 0.471. The molecule has 9 nitrogen and oxygen atoms in total. The summed E-state index contributed by atoms with van der Waals surface area (Å²) in [5.74, 6) is -0.229.